The fourth-order valence-corrected chi connectivity index (χ4v) is 2.06. The molecule has 0 aliphatic rings. The Labute approximate surface area is 139 Å². The maximum Gasteiger partial charge on any atom is 0.269 e. The Kier molecular flexibility index (Phi) is 6.13. The van der Waals surface area contributed by atoms with E-state index in [0.29, 0.717) is 24.5 Å². The van der Waals surface area contributed by atoms with E-state index < -0.39 is 4.92 Å². The summed E-state index contributed by atoms with van der Waals surface area (Å²) < 4.78 is 10.6. The number of benzene rings is 2. The molecule has 0 bridgehead atoms. The van der Waals surface area contributed by atoms with Gasteiger partial charge in [-0.2, -0.15) is 0 Å². The quantitative estimate of drug-likeness (QED) is 0.592. The number of hydrogen-bond acceptors (Lipinski definition) is 5. The maximum absolute atomic E-state index is 11.8. The lowest BCUT2D eigenvalue weighted by atomic mass is 10.1. The number of carbonyl (C=O) groups is 1. The van der Waals surface area contributed by atoms with Crippen LogP contribution < -0.4 is 14.8 Å². The lowest BCUT2D eigenvalue weighted by Gasteiger charge is -2.10. The van der Waals surface area contributed by atoms with Crippen LogP contribution in [0.15, 0.2) is 48.5 Å². The van der Waals surface area contributed by atoms with Crippen LogP contribution in [0.3, 0.4) is 0 Å². The van der Waals surface area contributed by atoms with Crippen molar-refractivity contribution in [2.45, 2.75) is 6.42 Å². The van der Waals surface area contributed by atoms with Gasteiger partial charge in [0.25, 0.3) is 11.6 Å². The van der Waals surface area contributed by atoms with Gasteiger partial charge in [-0.05, 0) is 24.1 Å². The second-order valence-electron chi connectivity index (χ2n) is 4.96. The van der Waals surface area contributed by atoms with Gasteiger partial charge in [-0.15, -0.1) is 0 Å². The smallest absolute Gasteiger partial charge is 0.269 e. The minimum atomic E-state index is -0.444. The largest absolute Gasteiger partial charge is 0.493 e. The van der Waals surface area contributed by atoms with Crippen LogP contribution in [0.2, 0.25) is 0 Å². The van der Waals surface area contributed by atoms with Gasteiger partial charge in [0.05, 0.1) is 12.0 Å². The Morgan fingerprint density at radius 1 is 1.12 bits per heavy atom. The Morgan fingerprint density at radius 2 is 1.79 bits per heavy atom. The predicted molar refractivity (Wildman–Crippen MR) is 88.3 cm³/mol. The summed E-state index contributed by atoms with van der Waals surface area (Å²) in [6, 6.07) is 13.3. The Balaban J connectivity index is 1.74. The zero-order valence-electron chi connectivity index (χ0n) is 13.2. The van der Waals surface area contributed by atoms with Gasteiger partial charge in [0.2, 0.25) is 0 Å². The number of nitrogens with zero attached hydrogens (tertiary/aromatic N) is 1. The molecule has 0 fully saturated rings. The molecule has 24 heavy (non-hydrogen) atoms. The molecule has 0 radical (unpaired) electrons. The number of carbonyl (C=O) groups excluding carboxylic acids is 1. The van der Waals surface area contributed by atoms with Crippen molar-refractivity contribution < 1.29 is 19.2 Å². The van der Waals surface area contributed by atoms with Gasteiger partial charge in [-0.1, -0.05) is 24.3 Å². The number of non-ortho nitro benzene ring substituents is 1. The highest BCUT2D eigenvalue weighted by molar-refractivity contribution is 5.77. The minimum Gasteiger partial charge on any atom is -0.493 e. The molecule has 0 aliphatic heterocycles. The molecule has 1 amide bonds. The van der Waals surface area contributed by atoms with Gasteiger partial charge in [0.1, 0.15) is 0 Å². The van der Waals surface area contributed by atoms with Crippen molar-refractivity contribution in [3.63, 3.8) is 0 Å². The van der Waals surface area contributed by atoms with Crippen molar-refractivity contribution in [3.8, 4) is 11.5 Å². The summed E-state index contributed by atoms with van der Waals surface area (Å²) in [6.45, 7) is 0.312. The van der Waals surface area contributed by atoms with E-state index in [2.05, 4.69) is 5.32 Å². The minimum absolute atomic E-state index is 0.0491. The van der Waals surface area contributed by atoms with Crippen molar-refractivity contribution in [2.75, 3.05) is 20.3 Å². The third kappa shape index (κ3) is 4.98. The molecule has 0 aliphatic carbocycles. The molecule has 126 valence electrons. The average molecular weight is 330 g/mol. The number of methoxy groups -OCH3 is 1. The summed E-state index contributed by atoms with van der Waals surface area (Å²) in [5.74, 6) is 0.824. The average Bonchev–Trinajstić information content (AvgIpc) is 2.60. The number of rotatable bonds is 8. The van der Waals surface area contributed by atoms with Gasteiger partial charge >= 0.3 is 0 Å². The molecule has 2 aromatic carbocycles. The number of nitro groups is 1. The van der Waals surface area contributed by atoms with Crippen molar-refractivity contribution in [2.24, 2.45) is 0 Å². The molecule has 0 aromatic heterocycles. The van der Waals surface area contributed by atoms with Gasteiger partial charge in [-0.25, -0.2) is 0 Å². The van der Waals surface area contributed by atoms with Crippen molar-refractivity contribution in [1.29, 1.82) is 0 Å². The molecule has 0 atom stereocenters. The molecule has 0 heterocycles. The van der Waals surface area contributed by atoms with E-state index in [1.807, 2.05) is 6.07 Å². The summed E-state index contributed by atoms with van der Waals surface area (Å²) in [6.07, 6.45) is 0.582. The SMILES string of the molecule is COc1ccccc1OCC(=O)NCCc1ccc([N+](=O)[O-])cc1. The summed E-state index contributed by atoms with van der Waals surface area (Å²) in [5, 5.41) is 13.3. The highest BCUT2D eigenvalue weighted by Gasteiger charge is 2.07. The number of hydrogen-bond donors (Lipinski definition) is 1. The second kappa shape index (κ2) is 8.52. The highest BCUT2D eigenvalue weighted by atomic mass is 16.6. The molecular weight excluding hydrogens is 312 g/mol. The van der Waals surface area contributed by atoms with E-state index in [1.165, 1.54) is 19.2 Å². The summed E-state index contributed by atoms with van der Waals surface area (Å²) in [5.41, 5.74) is 0.958. The predicted octanol–water partition coefficient (Wildman–Crippen LogP) is 2.34. The topological polar surface area (TPSA) is 90.7 Å². The number of nitrogens with one attached hydrogen (secondary N) is 1. The second-order valence-corrected chi connectivity index (χ2v) is 4.96. The molecule has 0 saturated heterocycles. The van der Waals surface area contributed by atoms with Crippen LogP contribution in [0.1, 0.15) is 5.56 Å². The first-order valence-electron chi connectivity index (χ1n) is 7.36. The molecular formula is C17H18N2O5. The number of amides is 1. The molecule has 7 heteroatoms. The van der Waals surface area contributed by atoms with Crippen LogP contribution >= 0.6 is 0 Å². The van der Waals surface area contributed by atoms with E-state index in [0.717, 1.165) is 5.56 Å². The normalized spacial score (nSPS) is 10.0. The van der Waals surface area contributed by atoms with Crippen LogP contribution in [0, 0.1) is 10.1 Å². The molecule has 2 rings (SSSR count). The summed E-state index contributed by atoms with van der Waals surface area (Å²) in [4.78, 5) is 21.9. The number of nitro benzene ring substituents is 1. The van der Waals surface area contributed by atoms with E-state index in [1.54, 1.807) is 30.3 Å². The van der Waals surface area contributed by atoms with Crippen LogP contribution in [-0.4, -0.2) is 31.1 Å². The van der Waals surface area contributed by atoms with E-state index in [4.69, 9.17) is 9.47 Å². The van der Waals surface area contributed by atoms with Gasteiger partial charge in [0, 0.05) is 18.7 Å². The van der Waals surface area contributed by atoms with Crippen molar-refractivity contribution in [3.05, 3.63) is 64.2 Å². The van der Waals surface area contributed by atoms with Crippen LogP contribution in [0.25, 0.3) is 0 Å². The Bertz CT molecular complexity index is 700. The van der Waals surface area contributed by atoms with E-state index >= 15 is 0 Å². The third-order valence-corrected chi connectivity index (χ3v) is 3.31. The molecule has 0 unspecified atom stereocenters. The van der Waals surface area contributed by atoms with E-state index in [9.17, 15) is 14.9 Å². The van der Waals surface area contributed by atoms with Crippen LogP contribution in [0.4, 0.5) is 5.69 Å². The first-order chi connectivity index (χ1) is 11.6. The lowest BCUT2D eigenvalue weighted by molar-refractivity contribution is -0.384. The Morgan fingerprint density at radius 3 is 2.42 bits per heavy atom. The fourth-order valence-electron chi connectivity index (χ4n) is 2.06. The maximum atomic E-state index is 11.8. The number of ether oxygens (including phenoxy) is 2. The monoisotopic (exact) mass is 330 g/mol. The summed E-state index contributed by atoms with van der Waals surface area (Å²) in [7, 11) is 1.53. The molecule has 2 aromatic rings. The van der Waals surface area contributed by atoms with Gasteiger partial charge in [-0.3, -0.25) is 14.9 Å². The summed E-state index contributed by atoms with van der Waals surface area (Å²) >= 11 is 0. The highest BCUT2D eigenvalue weighted by Crippen LogP contribution is 2.25. The Hall–Kier alpha value is -3.09. The fraction of sp³-hybridized carbons (Fsp3) is 0.235. The molecule has 7 nitrogen and oxygen atoms in total. The first-order valence-corrected chi connectivity index (χ1v) is 7.36. The van der Waals surface area contributed by atoms with E-state index in [-0.39, 0.29) is 18.2 Å². The molecule has 1 N–H and O–H groups in total. The van der Waals surface area contributed by atoms with Crippen LogP contribution in [-0.2, 0) is 11.2 Å². The number of para-hydroxylation sites is 2. The zero-order valence-corrected chi connectivity index (χ0v) is 13.2. The van der Waals surface area contributed by atoms with Crippen LogP contribution in [0.5, 0.6) is 11.5 Å². The van der Waals surface area contributed by atoms with Gasteiger partial charge in [0.15, 0.2) is 18.1 Å². The van der Waals surface area contributed by atoms with Gasteiger partial charge < -0.3 is 14.8 Å². The molecule has 0 spiro atoms. The van der Waals surface area contributed by atoms with Crippen molar-refractivity contribution >= 4 is 11.6 Å². The first kappa shape index (κ1) is 17.3. The standard InChI is InChI=1S/C17H18N2O5/c1-23-15-4-2-3-5-16(15)24-12-17(20)18-11-10-13-6-8-14(9-7-13)19(21)22/h2-9H,10-12H2,1H3,(H,18,20). The van der Waals surface area contributed by atoms with Crippen molar-refractivity contribution in [1.82, 2.24) is 5.32 Å². The molecule has 0 saturated carbocycles. The third-order valence-electron chi connectivity index (χ3n) is 3.31. The zero-order chi connectivity index (χ0) is 17.4. The lowest BCUT2D eigenvalue weighted by Crippen LogP contribution is -2.30.